The lowest BCUT2D eigenvalue weighted by Crippen LogP contribution is -2.51. The first kappa shape index (κ1) is 23.9. The average Bonchev–Trinajstić information content (AvgIpc) is 2.90. The molecule has 0 unspecified atom stereocenters. The summed E-state index contributed by atoms with van der Waals surface area (Å²) >= 11 is 0. The van der Waals surface area contributed by atoms with Crippen LogP contribution in [0.25, 0.3) is 11.5 Å². The molecule has 1 aliphatic heterocycles. The summed E-state index contributed by atoms with van der Waals surface area (Å²) in [4.78, 5) is 25.0. The molecule has 3 N–H and O–H groups in total. The topological polar surface area (TPSA) is 112 Å². The number of anilines is 2. The van der Waals surface area contributed by atoms with Crippen molar-refractivity contribution in [2.75, 3.05) is 31.6 Å². The van der Waals surface area contributed by atoms with Crippen molar-refractivity contribution in [3.05, 3.63) is 89.6 Å². The summed E-state index contributed by atoms with van der Waals surface area (Å²) in [7, 11) is 0. The Bertz CT molecular complexity index is 1300. The van der Waals surface area contributed by atoms with E-state index in [9.17, 15) is 5.11 Å². The Balaban J connectivity index is 1.22. The van der Waals surface area contributed by atoms with Crippen LogP contribution in [0.5, 0.6) is 0 Å². The average molecular weight is 483 g/mol. The van der Waals surface area contributed by atoms with Gasteiger partial charge in [0, 0.05) is 56.7 Å². The fraction of sp³-hybridized carbons (Fsp3) is 0.296. The van der Waals surface area contributed by atoms with Gasteiger partial charge in [0.05, 0.1) is 6.61 Å². The molecule has 1 fully saturated rings. The zero-order valence-corrected chi connectivity index (χ0v) is 20.3. The highest BCUT2D eigenvalue weighted by Gasteiger charge is 2.18. The second-order valence-electron chi connectivity index (χ2n) is 8.97. The third kappa shape index (κ3) is 6.25. The van der Waals surface area contributed by atoms with Gasteiger partial charge in [-0.25, -0.2) is 24.9 Å². The van der Waals surface area contributed by atoms with Gasteiger partial charge in [-0.2, -0.15) is 0 Å². The van der Waals surface area contributed by atoms with Crippen molar-refractivity contribution in [3.8, 4) is 11.5 Å². The fourth-order valence-electron chi connectivity index (χ4n) is 4.27. The summed E-state index contributed by atoms with van der Waals surface area (Å²) in [6, 6.07) is 18.2. The number of aromatic nitrogens is 5. The Hall–Kier alpha value is -3.79. The Morgan fingerprint density at radius 2 is 1.72 bits per heavy atom. The van der Waals surface area contributed by atoms with Gasteiger partial charge in [-0.05, 0) is 42.3 Å². The highest BCUT2D eigenvalue weighted by molar-refractivity contribution is 5.56. The molecule has 9 nitrogen and oxygen atoms in total. The maximum Gasteiger partial charge on any atom is 0.180 e. The minimum absolute atomic E-state index is 0.157. The number of piperazine rings is 1. The molecule has 0 bridgehead atoms. The predicted molar refractivity (Wildman–Crippen MR) is 139 cm³/mol. The Labute approximate surface area is 210 Å². The predicted octanol–water partition coefficient (Wildman–Crippen LogP) is 2.74. The minimum atomic E-state index is 0.157. The summed E-state index contributed by atoms with van der Waals surface area (Å²) in [6.07, 6.45) is 4.10. The van der Waals surface area contributed by atoms with E-state index in [1.165, 1.54) is 5.56 Å². The summed E-state index contributed by atoms with van der Waals surface area (Å²) in [6.45, 7) is 5.76. The number of hydrogen-bond acceptors (Lipinski definition) is 9. The number of benzene rings is 1. The van der Waals surface area contributed by atoms with Crippen LogP contribution in [0.3, 0.4) is 0 Å². The molecular weight excluding hydrogens is 452 g/mol. The fourth-order valence-corrected chi connectivity index (χ4v) is 4.27. The van der Waals surface area contributed by atoms with Crippen LogP contribution in [0.4, 0.5) is 11.6 Å². The van der Waals surface area contributed by atoms with Gasteiger partial charge < -0.3 is 15.7 Å². The zero-order chi connectivity index (χ0) is 24.7. The molecule has 4 heterocycles. The number of rotatable bonds is 8. The van der Waals surface area contributed by atoms with Crippen molar-refractivity contribution in [3.63, 3.8) is 0 Å². The zero-order valence-electron chi connectivity index (χ0n) is 20.3. The maximum atomic E-state index is 9.41. The van der Waals surface area contributed by atoms with Gasteiger partial charge >= 0.3 is 0 Å². The molecule has 5 rings (SSSR count). The van der Waals surface area contributed by atoms with Crippen LogP contribution in [0.1, 0.15) is 22.6 Å². The molecule has 184 valence electrons. The van der Waals surface area contributed by atoms with E-state index < -0.39 is 0 Å². The molecule has 1 saturated heterocycles. The first-order chi connectivity index (χ1) is 17.6. The van der Waals surface area contributed by atoms with Gasteiger partial charge in [0.2, 0.25) is 0 Å². The van der Waals surface area contributed by atoms with Crippen LogP contribution in [-0.2, 0) is 13.0 Å². The molecule has 0 spiro atoms. The Morgan fingerprint density at radius 3 is 2.53 bits per heavy atom. The molecule has 0 aliphatic carbocycles. The van der Waals surface area contributed by atoms with Gasteiger partial charge in [0.1, 0.15) is 23.2 Å². The first-order valence-corrected chi connectivity index (χ1v) is 12.1. The van der Waals surface area contributed by atoms with Crippen molar-refractivity contribution in [2.24, 2.45) is 0 Å². The molecule has 1 aromatic carbocycles. The summed E-state index contributed by atoms with van der Waals surface area (Å²) in [5.41, 5.74) is 4.06. The highest BCUT2D eigenvalue weighted by atomic mass is 16.3. The van der Waals surface area contributed by atoms with Crippen molar-refractivity contribution in [1.29, 1.82) is 0 Å². The number of hydrogen-bond donors (Lipinski definition) is 3. The monoisotopic (exact) mass is 482 g/mol. The van der Waals surface area contributed by atoms with Gasteiger partial charge in [-0.1, -0.05) is 30.3 Å². The lowest BCUT2D eigenvalue weighted by molar-refractivity contribution is 0.143. The smallest absolute Gasteiger partial charge is 0.180 e. The number of pyridine rings is 1. The van der Waals surface area contributed by atoms with Crippen LogP contribution in [0.2, 0.25) is 0 Å². The van der Waals surface area contributed by atoms with Crippen LogP contribution < -0.4 is 10.6 Å². The minimum Gasteiger partial charge on any atom is -0.395 e. The number of aliphatic hydroxyl groups is 1. The molecule has 9 heteroatoms. The van der Waals surface area contributed by atoms with Crippen molar-refractivity contribution < 1.29 is 5.11 Å². The van der Waals surface area contributed by atoms with Crippen LogP contribution in [0.15, 0.2) is 67.0 Å². The molecule has 36 heavy (non-hydrogen) atoms. The van der Waals surface area contributed by atoms with Gasteiger partial charge in [-0.15, -0.1) is 0 Å². The van der Waals surface area contributed by atoms with E-state index in [2.05, 4.69) is 64.7 Å². The third-order valence-corrected chi connectivity index (χ3v) is 6.09. The second kappa shape index (κ2) is 11.3. The standard InChI is InChI=1S/C27H30N8O/c1-19-3-2-4-23(31-19)27-30-12-10-25(34-27)32-24-9-11-29-26(33-24)15-20-5-7-21(8-6-20)16-35-14-13-28-22(17-35)18-36/h2-12,22,28,36H,13-18H2,1H3,(H,29,30,32,33,34)/t22-/m1/s1. The van der Waals surface area contributed by atoms with Crippen LogP contribution in [0, 0.1) is 6.92 Å². The van der Waals surface area contributed by atoms with E-state index >= 15 is 0 Å². The van der Waals surface area contributed by atoms with E-state index in [1.54, 1.807) is 18.5 Å². The molecule has 1 aliphatic rings. The molecule has 0 amide bonds. The Morgan fingerprint density at radius 1 is 0.944 bits per heavy atom. The summed E-state index contributed by atoms with van der Waals surface area (Å²) < 4.78 is 0. The quantitative estimate of drug-likeness (QED) is 0.349. The van der Waals surface area contributed by atoms with E-state index in [-0.39, 0.29) is 12.6 Å². The highest BCUT2D eigenvalue weighted by Crippen LogP contribution is 2.18. The normalized spacial score (nSPS) is 16.1. The number of aliphatic hydroxyl groups excluding tert-OH is 1. The van der Waals surface area contributed by atoms with Crippen LogP contribution in [-0.4, -0.2) is 67.2 Å². The van der Waals surface area contributed by atoms with E-state index in [4.69, 9.17) is 0 Å². The number of nitrogens with zero attached hydrogens (tertiary/aromatic N) is 6. The first-order valence-electron chi connectivity index (χ1n) is 12.1. The number of aryl methyl sites for hydroxylation is 1. The molecule has 4 aromatic rings. The van der Waals surface area contributed by atoms with Crippen molar-refractivity contribution in [1.82, 2.24) is 35.1 Å². The maximum absolute atomic E-state index is 9.41. The summed E-state index contributed by atoms with van der Waals surface area (Å²) in [5, 5.41) is 16.0. The van der Waals surface area contributed by atoms with Crippen molar-refractivity contribution in [2.45, 2.75) is 25.9 Å². The van der Waals surface area contributed by atoms with E-state index in [0.29, 0.717) is 23.9 Å². The molecular formula is C27H30N8O. The van der Waals surface area contributed by atoms with Gasteiger partial charge in [0.15, 0.2) is 5.82 Å². The van der Waals surface area contributed by atoms with Gasteiger partial charge in [0.25, 0.3) is 0 Å². The van der Waals surface area contributed by atoms with E-state index in [0.717, 1.165) is 49.0 Å². The third-order valence-electron chi connectivity index (χ3n) is 6.09. The largest absolute Gasteiger partial charge is 0.395 e. The Kier molecular flexibility index (Phi) is 7.51. The van der Waals surface area contributed by atoms with E-state index in [1.807, 2.05) is 31.2 Å². The molecule has 3 aromatic heterocycles. The van der Waals surface area contributed by atoms with Crippen LogP contribution >= 0.6 is 0 Å². The molecule has 0 saturated carbocycles. The summed E-state index contributed by atoms with van der Waals surface area (Å²) in [5.74, 6) is 2.62. The number of nitrogens with one attached hydrogen (secondary N) is 2. The second-order valence-corrected chi connectivity index (χ2v) is 8.97. The van der Waals surface area contributed by atoms with Gasteiger partial charge in [-0.3, -0.25) is 4.90 Å². The molecule has 0 radical (unpaired) electrons. The SMILES string of the molecule is Cc1cccc(-c2nccc(Nc3ccnc(Cc4ccc(CN5CCN[C@@H](CO)C5)cc4)n3)n2)n1. The lowest BCUT2D eigenvalue weighted by atomic mass is 10.1. The molecule has 1 atom stereocenters. The van der Waals surface area contributed by atoms with Crippen molar-refractivity contribution >= 4 is 11.6 Å². The lowest BCUT2D eigenvalue weighted by Gasteiger charge is -2.32.